The van der Waals surface area contributed by atoms with E-state index in [1.807, 2.05) is 13.1 Å². The Labute approximate surface area is 153 Å². The first-order valence-corrected chi connectivity index (χ1v) is 11.3. The lowest BCUT2D eigenvalue weighted by Gasteiger charge is -2.39. The summed E-state index contributed by atoms with van der Waals surface area (Å²) in [5, 5.41) is 9.28. The molecule has 1 aliphatic heterocycles. The van der Waals surface area contributed by atoms with Gasteiger partial charge in [-0.05, 0) is 45.2 Å². The first-order valence-electron chi connectivity index (χ1n) is 8.87. The third-order valence-electron chi connectivity index (χ3n) is 4.35. The van der Waals surface area contributed by atoms with Crippen LogP contribution in [0, 0.1) is 11.3 Å². The van der Waals surface area contributed by atoms with Crippen molar-refractivity contribution < 1.29 is 23.9 Å². The molecule has 7 heteroatoms. The number of aliphatic hydroxyl groups excluding tert-OH is 1. The van der Waals surface area contributed by atoms with Crippen molar-refractivity contribution in [3.8, 4) is 0 Å². The van der Waals surface area contributed by atoms with Gasteiger partial charge in [0.15, 0.2) is 11.5 Å². The molecule has 1 N–H and O–H groups in total. The number of amides is 1. The zero-order valence-electron chi connectivity index (χ0n) is 16.9. The monoisotopic (exact) mass is 372 g/mol. The predicted molar refractivity (Wildman–Crippen MR) is 98.5 cm³/mol. The molecule has 0 bridgehead atoms. The van der Waals surface area contributed by atoms with Gasteiger partial charge in [0.1, 0.15) is 5.60 Å². The van der Waals surface area contributed by atoms with Crippen molar-refractivity contribution in [2.75, 3.05) is 13.2 Å². The van der Waals surface area contributed by atoms with Gasteiger partial charge in [0.2, 0.25) is 9.04 Å². The number of aliphatic hydroxyl groups is 1. The summed E-state index contributed by atoms with van der Waals surface area (Å²) in [6.45, 7) is 15.7. The first kappa shape index (κ1) is 22.1. The molecular formula is C18H34NO5Si. The van der Waals surface area contributed by atoms with Gasteiger partial charge in [0, 0.05) is 19.4 Å². The van der Waals surface area contributed by atoms with E-state index in [4.69, 9.17) is 9.16 Å². The van der Waals surface area contributed by atoms with Gasteiger partial charge in [-0.2, -0.15) is 0 Å². The minimum Gasteiger partial charge on any atom is -0.444 e. The van der Waals surface area contributed by atoms with Gasteiger partial charge in [0.05, 0.1) is 6.61 Å². The fourth-order valence-electron chi connectivity index (χ4n) is 3.05. The Morgan fingerprint density at radius 2 is 1.76 bits per heavy atom. The highest BCUT2D eigenvalue weighted by atomic mass is 28.3. The molecule has 6 nitrogen and oxygen atoms in total. The molecule has 145 valence electrons. The molecule has 2 atom stereocenters. The van der Waals surface area contributed by atoms with Gasteiger partial charge >= 0.3 is 6.09 Å². The molecule has 0 saturated carbocycles. The quantitative estimate of drug-likeness (QED) is 0.750. The van der Waals surface area contributed by atoms with E-state index in [9.17, 15) is 14.7 Å². The fraction of sp³-hybridized carbons (Fsp3) is 0.889. The van der Waals surface area contributed by atoms with Crippen molar-refractivity contribution in [3.05, 3.63) is 0 Å². The van der Waals surface area contributed by atoms with E-state index in [0.29, 0.717) is 13.0 Å². The van der Waals surface area contributed by atoms with Crippen LogP contribution in [0.5, 0.6) is 0 Å². The zero-order valence-corrected chi connectivity index (χ0v) is 17.9. The summed E-state index contributed by atoms with van der Waals surface area (Å²) in [6, 6.07) is 0. The number of nitrogens with zero attached hydrogens (tertiary/aromatic N) is 1. The standard InChI is InChI=1S/C18H34NO5Si/c1-16(2,3)13-11-18(24-25(7)8,14(21)9-10-20)19(12-13)15(22)23-17(4,5)6/h13,20H,9-12H2,1-8H3/t13-,18-/m0/s1. The van der Waals surface area contributed by atoms with E-state index in [2.05, 4.69) is 20.8 Å². The highest BCUT2D eigenvalue weighted by Gasteiger charge is 2.57. The third-order valence-corrected chi connectivity index (χ3v) is 5.09. The Morgan fingerprint density at radius 3 is 2.16 bits per heavy atom. The number of hydrogen-bond donors (Lipinski definition) is 1. The molecular weight excluding hydrogens is 338 g/mol. The molecule has 0 spiro atoms. The van der Waals surface area contributed by atoms with Crippen molar-refractivity contribution >= 4 is 20.9 Å². The van der Waals surface area contributed by atoms with Crippen molar-refractivity contribution in [2.24, 2.45) is 11.3 Å². The maximum atomic E-state index is 12.9. The van der Waals surface area contributed by atoms with E-state index in [0.717, 1.165) is 0 Å². The van der Waals surface area contributed by atoms with Crippen LogP contribution in [0.1, 0.15) is 54.4 Å². The molecule has 1 radical (unpaired) electrons. The topological polar surface area (TPSA) is 76.1 Å². The van der Waals surface area contributed by atoms with Crippen LogP contribution in [0.15, 0.2) is 0 Å². The Kier molecular flexibility index (Phi) is 6.86. The largest absolute Gasteiger partial charge is 0.444 e. The molecule has 0 aromatic heterocycles. The molecule has 25 heavy (non-hydrogen) atoms. The average Bonchev–Trinajstić information content (AvgIpc) is 2.77. The summed E-state index contributed by atoms with van der Waals surface area (Å²) in [5.41, 5.74) is -2.07. The average molecular weight is 373 g/mol. The summed E-state index contributed by atoms with van der Waals surface area (Å²) in [4.78, 5) is 27.3. The lowest BCUT2D eigenvalue weighted by atomic mass is 9.78. The van der Waals surface area contributed by atoms with Crippen LogP contribution >= 0.6 is 0 Å². The van der Waals surface area contributed by atoms with Crippen LogP contribution in [0.4, 0.5) is 4.79 Å². The lowest BCUT2D eigenvalue weighted by molar-refractivity contribution is -0.149. The van der Waals surface area contributed by atoms with Crippen LogP contribution in [0.25, 0.3) is 0 Å². The second kappa shape index (κ2) is 7.76. The van der Waals surface area contributed by atoms with Gasteiger partial charge in [-0.15, -0.1) is 0 Å². The molecule has 1 saturated heterocycles. The highest BCUT2D eigenvalue weighted by Crippen LogP contribution is 2.44. The van der Waals surface area contributed by atoms with E-state index in [1.54, 1.807) is 20.8 Å². The van der Waals surface area contributed by atoms with Crippen molar-refractivity contribution in [3.63, 3.8) is 0 Å². The number of ether oxygens (including phenoxy) is 1. The second-order valence-electron chi connectivity index (χ2n) is 9.05. The second-order valence-corrected chi connectivity index (χ2v) is 11.1. The molecule has 1 aliphatic rings. The van der Waals surface area contributed by atoms with Gasteiger partial charge in [-0.3, -0.25) is 9.69 Å². The molecule has 0 aliphatic carbocycles. The number of hydrogen-bond acceptors (Lipinski definition) is 5. The smallest absolute Gasteiger partial charge is 0.412 e. The van der Waals surface area contributed by atoms with Crippen molar-refractivity contribution in [1.82, 2.24) is 4.90 Å². The van der Waals surface area contributed by atoms with Gasteiger partial charge in [-0.25, -0.2) is 4.79 Å². The summed E-state index contributed by atoms with van der Waals surface area (Å²) in [5.74, 6) is -0.150. The molecule has 1 amide bonds. The van der Waals surface area contributed by atoms with Crippen LogP contribution in [-0.2, 0) is 14.0 Å². The fourth-order valence-corrected chi connectivity index (χ4v) is 4.03. The molecule has 0 unspecified atom stereocenters. The third kappa shape index (κ3) is 5.52. The summed E-state index contributed by atoms with van der Waals surface area (Å²) < 4.78 is 11.7. The number of likely N-dealkylation sites (tertiary alicyclic amines) is 1. The maximum Gasteiger partial charge on any atom is 0.412 e. The maximum absolute atomic E-state index is 12.9. The van der Waals surface area contributed by atoms with E-state index in [-0.39, 0.29) is 30.1 Å². The number of carbonyl (C=O) groups is 2. The highest BCUT2D eigenvalue weighted by molar-refractivity contribution is 6.48. The summed E-state index contributed by atoms with van der Waals surface area (Å²) in [6.07, 6.45) is -0.135. The minimum absolute atomic E-state index is 0.0364. The Bertz CT molecular complexity index is 495. The molecule has 1 fully saturated rings. The van der Waals surface area contributed by atoms with E-state index < -0.39 is 26.5 Å². The zero-order chi connectivity index (χ0) is 19.6. The van der Waals surface area contributed by atoms with Crippen LogP contribution in [0.2, 0.25) is 13.1 Å². The van der Waals surface area contributed by atoms with Crippen LogP contribution < -0.4 is 0 Å². The van der Waals surface area contributed by atoms with Crippen LogP contribution in [0.3, 0.4) is 0 Å². The van der Waals surface area contributed by atoms with E-state index in [1.165, 1.54) is 4.90 Å². The minimum atomic E-state index is -1.33. The molecule has 1 heterocycles. The number of ketones is 1. The SMILES string of the molecule is C[Si](C)O[C@]1(C(=O)CCO)C[C@H](C(C)(C)C)CN1C(=O)OC(C)(C)C. The Morgan fingerprint density at radius 1 is 1.20 bits per heavy atom. The Balaban J connectivity index is 3.32. The predicted octanol–water partition coefficient (Wildman–Crippen LogP) is 3.21. The first-order chi connectivity index (χ1) is 11.2. The van der Waals surface area contributed by atoms with Crippen molar-refractivity contribution in [2.45, 2.75) is 78.8 Å². The van der Waals surface area contributed by atoms with Gasteiger partial charge < -0.3 is 14.3 Å². The summed E-state index contributed by atoms with van der Waals surface area (Å²) in [7, 11) is -1.27. The lowest BCUT2D eigenvalue weighted by Crippen LogP contribution is -2.57. The Hall–Kier alpha value is -0.923. The van der Waals surface area contributed by atoms with Gasteiger partial charge in [-0.1, -0.05) is 20.8 Å². The number of Topliss-reactive ketones (excluding diaryl/α,β-unsaturated/α-hetero) is 1. The molecule has 0 aromatic carbocycles. The number of rotatable bonds is 5. The van der Waals surface area contributed by atoms with Crippen molar-refractivity contribution in [1.29, 1.82) is 0 Å². The molecule has 1 rings (SSSR count). The van der Waals surface area contributed by atoms with E-state index >= 15 is 0 Å². The number of carbonyl (C=O) groups excluding carboxylic acids is 2. The molecule has 0 aromatic rings. The summed E-state index contributed by atoms with van der Waals surface area (Å²) >= 11 is 0. The van der Waals surface area contributed by atoms with Crippen LogP contribution in [-0.4, -0.2) is 55.4 Å². The van der Waals surface area contributed by atoms with Gasteiger partial charge in [0.25, 0.3) is 0 Å². The normalized spacial score (nSPS) is 24.7.